The fourth-order valence-electron chi connectivity index (χ4n) is 4.34. The van der Waals surface area contributed by atoms with E-state index in [-0.39, 0.29) is 5.56 Å². The fraction of sp³-hybridized carbons (Fsp3) is 0.161. The van der Waals surface area contributed by atoms with Crippen LogP contribution >= 0.6 is 11.3 Å². The number of nitrogens with two attached hydrogens (primary N) is 1. The number of rotatable bonds is 8. The van der Waals surface area contributed by atoms with Crippen LogP contribution in [-0.4, -0.2) is 22.7 Å². The largest absolute Gasteiger partial charge is 0.493 e. The van der Waals surface area contributed by atoms with E-state index in [0.29, 0.717) is 13.0 Å². The lowest BCUT2D eigenvalue weighted by Gasteiger charge is -2.16. The lowest BCUT2D eigenvalue weighted by Crippen LogP contribution is -2.15. The Labute approximate surface area is 219 Å². The van der Waals surface area contributed by atoms with Gasteiger partial charge in [0.2, 0.25) is 0 Å². The molecule has 0 spiro atoms. The van der Waals surface area contributed by atoms with Crippen molar-refractivity contribution >= 4 is 44.4 Å². The summed E-state index contributed by atoms with van der Waals surface area (Å²) in [5.74, 6) is -0.112. The number of aryl methyl sites for hydroxylation is 2. The van der Waals surface area contributed by atoms with Gasteiger partial charge in [0.15, 0.2) is 0 Å². The molecule has 0 amide bonds. The van der Waals surface area contributed by atoms with E-state index in [4.69, 9.17) is 15.5 Å². The molecule has 4 aromatic carbocycles. The third-order valence-electron chi connectivity index (χ3n) is 6.59. The number of hydrogen-bond donors (Lipinski definition) is 2. The van der Waals surface area contributed by atoms with Crippen molar-refractivity contribution in [3.8, 4) is 5.75 Å². The minimum atomic E-state index is -0.948. The molecule has 1 atom stereocenters. The number of carboxylic acid groups (broad SMARTS) is 1. The molecule has 0 radical (unpaired) electrons. The molecule has 0 saturated carbocycles. The average molecular weight is 509 g/mol. The van der Waals surface area contributed by atoms with Crippen LogP contribution in [-0.2, 0) is 0 Å². The summed E-state index contributed by atoms with van der Waals surface area (Å²) in [6, 6.07) is 24.9. The number of carbonyl (C=O) groups is 1. The Balaban J connectivity index is 1.44. The van der Waals surface area contributed by atoms with Crippen LogP contribution in [0.5, 0.6) is 5.75 Å². The first-order valence-electron chi connectivity index (χ1n) is 12.2. The van der Waals surface area contributed by atoms with E-state index in [0.717, 1.165) is 42.9 Å². The molecular formula is C31H28N2O3S. The summed E-state index contributed by atoms with van der Waals surface area (Å²) in [4.78, 5) is 16.1. The second-order valence-electron chi connectivity index (χ2n) is 9.16. The van der Waals surface area contributed by atoms with Gasteiger partial charge in [-0.05, 0) is 71.8 Å². The third-order valence-corrected chi connectivity index (χ3v) is 7.69. The smallest absolute Gasteiger partial charge is 0.335 e. The molecule has 5 aromatic rings. The normalized spacial score (nSPS) is 12.7. The van der Waals surface area contributed by atoms with E-state index in [2.05, 4.69) is 44.2 Å². The fourth-order valence-corrected chi connectivity index (χ4v) is 5.44. The minimum absolute atomic E-state index is 0.249. The maximum atomic E-state index is 11.3. The topological polar surface area (TPSA) is 85.4 Å². The maximum Gasteiger partial charge on any atom is 0.335 e. The SMILES string of the molecule is Cc1cc2nc(C(N)/C(=C/c3ccc(C(=O)O)cc3)CCOc3cccc4ccccc34)sc2cc1C. The molecule has 1 aromatic heterocycles. The molecule has 1 heterocycles. The van der Waals surface area contributed by atoms with E-state index in [1.54, 1.807) is 35.6 Å². The van der Waals surface area contributed by atoms with Crippen LogP contribution in [0.1, 0.15) is 44.5 Å². The highest BCUT2D eigenvalue weighted by Crippen LogP contribution is 2.33. The van der Waals surface area contributed by atoms with Crippen LogP contribution in [0.15, 0.2) is 84.4 Å². The van der Waals surface area contributed by atoms with Crippen LogP contribution in [0, 0.1) is 13.8 Å². The van der Waals surface area contributed by atoms with E-state index in [1.807, 2.05) is 30.3 Å². The zero-order valence-electron chi connectivity index (χ0n) is 20.8. The zero-order chi connectivity index (χ0) is 25.9. The van der Waals surface area contributed by atoms with Gasteiger partial charge >= 0.3 is 5.97 Å². The molecule has 0 aliphatic heterocycles. The van der Waals surface area contributed by atoms with E-state index in [9.17, 15) is 9.90 Å². The van der Waals surface area contributed by atoms with Crippen molar-refractivity contribution < 1.29 is 14.6 Å². The first kappa shape index (κ1) is 24.7. The van der Waals surface area contributed by atoms with Gasteiger partial charge < -0.3 is 15.6 Å². The molecule has 37 heavy (non-hydrogen) atoms. The summed E-state index contributed by atoms with van der Waals surface area (Å²) < 4.78 is 7.34. The van der Waals surface area contributed by atoms with Crippen molar-refractivity contribution in [2.75, 3.05) is 6.61 Å². The summed E-state index contributed by atoms with van der Waals surface area (Å²) in [6.07, 6.45) is 2.62. The van der Waals surface area contributed by atoms with Crippen molar-refractivity contribution in [2.45, 2.75) is 26.3 Å². The van der Waals surface area contributed by atoms with Gasteiger partial charge in [0.05, 0.1) is 28.4 Å². The predicted octanol–water partition coefficient (Wildman–Crippen LogP) is 7.32. The highest BCUT2D eigenvalue weighted by molar-refractivity contribution is 7.18. The Morgan fingerprint density at radius 2 is 1.76 bits per heavy atom. The molecule has 6 heteroatoms. The molecule has 0 fully saturated rings. The van der Waals surface area contributed by atoms with Crippen LogP contribution in [0.2, 0.25) is 0 Å². The molecule has 0 saturated heterocycles. The molecule has 3 N–H and O–H groups in total. The molecular weight excluding hydrogens is 480 g/mol. The first-order chi connectivity index (χ1) is 17.9. The zero-order valence-corrected chi connectivity index (χ0v) is 21.6. The number of nitrogens with zero attached hydrogens (tertiary/aromatic N) is 1. The van der Waals surface area contributed by atoms with Crippen molar-refractivity contribution in [3.05, 3.63) is 112 Å². The van der Waals surface area contributed by atoms with Crippen molar-refractivity contribution in [1.29, 1.82) is 0 Å². The van der Waals surface area contributed by atoms with E-state index >= 15 is 0 Å². The summed E-state index contributed by atoms with van der Waals surface area (Å²) in [5.41, 5.74) is 12.3. The van der Waals surface area contributed by atoms with Crippen molar-refractivity contribution in [2.24, 2.45) is 5.73 Å². The third kappa shape index (κ3) is 5.40. The lowest BCUT2D eigenvalue weighted by atomic mass is 10.0. The first-order valence-corrected chi connectivity index (χ1v) is 13.0. The molecule has 5 rings (SSSR count). The van der Waals surface area contributed by atoms with Crippen LogP contribution in [0.25, 0.3) is 27.1 Å². The number of hydrogen-bond acceptors (Lipinski definition) is 5. The average Bonchev–Trinajstić information content (AvgIpc) is 3.31. The van der Waals surface area contributed by atoms with Gasteiger partial charge in [-0.25, -0.2) is 9.78 Å². The number of aromatic nitrogens is 1. The minimum Gasteiger partial charge on any atom is -0.493 e. The second kappa shape index (κ2) is 10.5. The highest BCUT2D eigenvalue weighted by Gasteiger charge is 2.18. The van der Waals surface area contributed by atoms with Gasteiger partial charge in [0, 0.05) is 11.8 Å². The van der Waals surface area contributed by atoms with Crippen molar-refractivity contribution in [3.63, 3.8) is 0 Å². The predicted molar refractivity (Wildman–Crippen MR) is 151 cm³/mol. The van der Waals surface area contributed by atoms with Gasteiger partial charge in [-0.3, -0.25) is 0 Å². The molecule has 186 valence electrons. The number of benzene rings is 4. The van der Waals surface area contributed by atoms with E-state index < -0.39 is 12.0 Å². The van der Waals surface area contributed by atoms with Gasteiger partial charge in [-0.1, -0.05) is 54.6 Å². The monoisotopic (exact) mass is 508 g/mol. The van der Waals surface area contributed by atoms with Crippen LogP contribution in [0.4, 0.5) is 0 Å². The van der Waals surface area contributed by atoms with Crippen molar-refractivity contribution in [1.82, 2.24) is 4.98 Å². The standard InChI is InChI=1S/C31H28N2O3S/c1-19-16-26-28(17-20(19)2)37-30(33-26)29(32)24(18-21-10-12-23(13-11-21)31(34)35)14-15-36-27-9-5-7-22-6-3-4-8-25(22)27/h3-13,16-18,29H,14-15,32H2,1-2H3,(H,34,35)/b24-18+. The Hall–Kier alpha value is -4.00. The Kier molecular flexibility index (Phi) is 7.04. The van der Waals surface area contributed by atoms with Gasteiger partial charge in [-0.15, -0.1) is 11.3 Å². The summed E-state index contributed by atoms with van der Waals surface area (Å²) in [7, 11) is 0. The molecule has 0 aliphatic rings. The number of thiazole rings is 1. The number of carboxylic acids is 1. The van der Waals surface area contributed by atoms with Gasteiger partial charge in [0.25, 0.3) is 0 Å². The number of fused-ring (bicyclic) bond motifs is 2. The highest BCUT2D eigenvalue weighted by atomic mass is 32.1. The lowest BCUT2D eigenvalue weighted by molar-refractivity contribution is 0.0697. The quantitative estimate of drug-likeness (QED) is 0.229. The number of ether oxygens (including phenoxy) is 1. The van der Waals surface area contributed by atoms with Gasteiger partial charge in [0.1, 0.15) is 10.8 Å². The molecule has 0 bridgehead atoms. The summed E-state index contributed by atoms with van der Waals surface area (Å²) in [6.45, 7) is 4.64. The molecule has 1 unspecified atom stereocenters. The molecule has 5 nitrogen and oxygen atoms in total. The number of aromatic carboxylic acids is 1. The maximum absolute atomic E-state index is 11.3. The Bertz CT molecular complexity index is 1580. The summed E-state index contributed by atoms with van der Waals surface area (Å²) in [5, 5.41) is 12.3. The van der Waals surface area contributed by atoms with Crippen LogP contribution < -0.4 is 10.5 Å². The van der Waals surface area contributed by atoms with E-state index in [1.165, 1.54) is 11.1 Å². The van der Waals surface area contributed by atoms with Crippen LogP contribution in [0.3, 0.4) is 0 Å². The second-order valence-corrected chi connectivity index (χ2v) is 10.2. The molecule has 0 aliphatic carbocycles. The Morgan fingerprint density at radius 1 is 1.03 bits per heavy atom. The Morgan fingerprint density at radius 3 is 2.54 bits per heavy atom. The summed E-state index contributed by atoms with van der Waals surface area (Å²) >= 11 is 1.61. The van der Waals surface area contributed by atoms with Gasteiger partial charge in [-0.2, -0.15) is 0 Å².